The first-order valence-corrected chi connectivity index (χ1v) is 12.7. The molecular formula is C28H34FNO4S. The van der Waals surface area contributed by atoms with Crippen LogP contribution in [0.2, 0.25) is 0 Å². The second-order valence-electron chi connectivity index (χ2n) is 9.55. The van der Waals surface area contributed by atoms with Crippen LogP contribution < -0.4 is 4.74 Å². The number of nitrogens with zero attached hydrogens (tertiary/aromatic N) is 1. The summed E-state index contributed by atoms with van der Waals surface area (Å²) in [7, 11) is 0. The molecule has 0 aliphatic carbocycles. The summed E-state index contributed by atoms with van der Waals surface area (Å²) in [4.78, 5) is 17.3. The predicted octanol–water partition coefficient (Wildman–Crippen LogP) is 6.60. The molecule has 188 valence electrons. The summed E-state index contributed by atoms with van der Waals surface area (Å²) in [5.74, 6) is -1.41. The zero-order valence-electron chi connectivity index (χ0n) is 21.1. The third-order valence-corrected chi connectivity index (χ3v) is 6.83. The number of hydrogen-bond acceptors (Lipinski definition) is 5. The van der Waals surface area contributed by atoms with Crippen molar-refractivity contribution in [2.45, 2.75) is 65.4 Å². The predicted molar refractivity (Wildman–Crippen MR) is 138 cm³/mol. The maximum absolute atomic E-state index is 14.5. The molecule has 1 heterocycles. The topological polar surface area (TPSA) is 68.7 Å². The lowest BCUT2D eigenvalue weighted by Gasteiger charge is -2.18. The Labute approximate surface area is 210 Å². The summed E-state index contributed by atoms with van der Waals surface area (Å²) < 4.78 is 25.3. The molecular weight excluding hydrogens is 465 g/mol. The van der Waals surface area contributed by atoms with Gasteiger partial charge < -0.3 is 14.6 Å². The van der Waals surface area contributed by atoms with Gasteiger partial charge in [0.25, 0.3) is 0 Å². The highest BCUT2D eigenvalue weighted by atomic mass is 32.1. The molecule has 2 aromatic carbocycles. The van der Waals surface area contributed by atoms with Gasteiger partial charge in [0.05, 0.1) is 12.3 Å². The fourth-order valence-corrected chi connectivity index (χ4v) is 4.70. The van der Waals surface area contributed by atoms with Crippen molar-refractivity contribution in [2.75, 3.05) is 13.2 Å². The van der Waals surface area contributed by atoms with Crippen LogP contribution in [0.4, 0.5) is 4.39 Å². The highest BCUT2D eigenvalue weighted by Gasteiger charge is 2.19. The Morgan fingerprint density at radius 3 is 2.49 bits per heavy atom. The zero-order valence-corrected chi connectivity index (χ0v) is 21.9. The van der Waals surface area contributed by atoms with E-state index in [-0.39, 0.29) is 24.2 Å². The number of aliphatic carboxylic acids is 1. The lowest BCUT2D eigenvalue weighted by Crippen LogP contribution is -2.26. The monoisotopic (exact) mass is 499 g/mol. The number of hydrogen-bond donors (Lipinski definition) is 1. The molecule has 3 aromatic rings. The number of benzene rings is 2. The minimum absolute atomic E-state index is 0.102. The molecule has 0 saturated carbocycles. The Hall–Kier alpha value is -2.77. The molecule has 0 aliphatic rings. The van der Waals surface area contributed by atoms with Gasteiger partial charge in [0.1, 0.15) is 5.01 Å². The minimum atomic E-state index is -1.06. The molecule has 0 spiro atoms. The molecule has 7 heteroatoms. The van der Waals surface area contributed by atoms with E-state index in [0.717, 1.165) is 22.7 Å². The molecule has 0 saturated heterocycles. The number of rotatable bonds is 11. The average Bonchev–Trinajstić information content (AvgIpc) is 3.17. The Kier molecular flexibility index (Phi) is 9.03. The minimum Gasteiger partial charge on any atom is -0.491 e. The van der Waals surface area contributed by atoms with Gasteiger partial charge in [0, 0.05) is 23.5 Å². The molecule has 5 nitrogen and oxygen atoms in total. The highest BCUT2D eigenvalue weighted by molar-refractivity contribution is 7.15. The van der Waals surface area contributed by atoms with Crippen LogP contribution >= 0.6 is 11.3 Å². The van der Waals surface area contributed by atoms with E-state index >= 15 is 0 Å². The first-order chi connectivity index (χ1) is 16.6. The van der Waals surface area contributed by atoms with Crippen molar-refractivity contribution < 1.29 is 23.8 Å². The van der Waals surface area contributed by atoms with E-state index < -0.39 is 17.9 Å². The largest absolute Gasteiger partial charge is 0.491 e. The lowest BCUT2D eigenvalue weighted by molar-refractivity contribution is -0.149. The van der Waals surface area contributed by atoms with Crippen LogP contribution in [0.1, 0.15) is 55.8 Å². The summed E-state index contributed by atoms with van der Waals surface area (Å²) in [6.07, 6.45) is 0.565. The standard InChI is InChI=1S/C28H34FNO4S/c1-6-33-25(27(31)32)17-19-9-14-24(22(29)16-19)34-15-7-8-23-18(2)35-26(30-23)20-10-12-21(13-11-20)28(3,4)5/h9-14,16,25H,6-8,15,17H2,1-5H3,(H,31,32). The van der Waals surface area contributed by atoms with Crippen LogP contribution in [0.5, 0.6) is 5.75 Å². The third kappa shape index (κ3) is 7.36. The first-order valence-electron chi connectivity index (χ1n) is 11.9. The van der Waals surface area contributed by atoms with Gasteiger partial charge in [-0.1, -0.05) is 51.1 Å². The molecule has 35 heavy (non-hydrogen) atoms. The molecule has 1 N–H and O–H groups in total. The Bertz CT molecular complexity index is 1130. The van der Waals surface area contributed by atoms with E-state index in [1.807, 2.05) is 0 Å². The van der Waals surface area contributed by atoms with E-state index in [4.69, 9.17) is 14.5 Å². The Morgan fingerprint density at radius 1 is 1.17 bits per heavy atom. The molecule has 0 radical (unpaired) electrons. The van der Waals surface area contributed by atoms with Crippen LogP contribution in [0, 0.1) is 12.7 Å². The second kappa shape index (κ2) is 11.8. The number of carbonyl (C=O) groups is 1. The molecule has 0 aliphatic heterocycles. The molecule has 1 aromatic heterocycles. The fourth-order valence-electron chi connectivity index (χ4n) is 3.74. The highest BCUT2D eigenvalue weighted by Crippen LogP contribution is 2.30. The molecule has 1 unspecified atom stereocenters. The van der Waals surface area contributed by atoms with Gasteiger partial charge in [-0.2, -0.15) is 0 Å². The first kappa shape index (κ1) is 26.8. The van der Waals surface area contributed by atoms with E-state index in [1.165, 1.54) is 16.5 Å². The number of carboxylic acid groups (broad SMARTS) is 1. The maximum atomic E-state index is 14.5. The maximum Gasteiger partial charge on any atom is 0.333 e. The van der Waals surface area contributed by atoms with Gasteiger partial charge in [-0.25, -0.2) is 14.2 Å². The normalized spacial score (nSPS) is 12.5. The fraction of sp³-hybridized carbons (Fsp3) is 0.429. The zero-order chi connectivity index (χ0) is 25.6. The molecule has 0 bridgehead atoms. The van der Waals surface area contributed by atoms with Crippen LogP contribution in [0.15, 0.2) is 42.5 Å². The van der Waals surface area contributed by atoms with Crippen molar-refractivity contribution in [3.63, 3.8) is 0 Å². The van der Waals surface area contributed by atoms with Gasteiger partial charge in [0.15, 0.2) is 17.7 Å². The van der Waals surface area contributed by atoms with E-state index in [0.29, 0.717) is 18.6 Å². The van der Waals surface area contributed by atoms with Crippen LogP contribution in [0.3, 0.4) is 0 Å². The number of halogens is 1. The SMILES string of the molecule is CCOC(Cc1ccc(OCCCc2nc(-c3ccc(C(C)(C)C)cc3)sc2C)c(F)c1)C(=O)O. The second-order valence-corrected chi connectivity index (χ2v) is 10.8. The quantitative estimate of drug-likeness (QED) is 0.301. The Morgan fingerprint density at radius 2 is 1.89 bits per heavy atom. The number of thiazole rings is 1. The molecule has 0 fully saturated rings. The van der Waals surface area contributed by atoms with Gasteiger partial charge >= 0.3 is 5.97 Å². The summed E-state index contributed by atoms with van der Waals surface area (Å²) in [5.41, 5.74) is 4.12. The van der Waals surface area contributed by atoms with E-state index in [1.54, 1.807) is 30.4 Å². The molecule has 3 rings (SSSR count). The molecule has 1 atom stereocenters. The summed E-state index contributed by atoms with van der Waals surface area (Å²) in [6.45, 7) is 11.1. The van der Waals surface area contributed by atoms with Crippen molar-refractivity contribution in [3.8, 4) is 16.3 Å². The number of carboxylic acids is 1. The average molecular weight is 500 g/mol. The lowest BCUT2D eigenvalue weighted by atomic mass is 9.87. The number of ether oxygens (including phenoxy) is 2. The number of aromatic nitrogens is 1. The van der Waals surface area contributed by atoms with Crippen molar-refractivity contribution in [2.24, 2.45) is 0 Å². The van der Waals surface area contributed by atoms with Crippen LogP contribution in [-0.2, 0) is 27.8 Å². The van der Waals surface area contributed by atoms with Gasteiger partial charge in [-0.3, -0.25) is 0 Å². The van der Waals surface area contributed by atoms with Gasteiger partial charge in [-0.05, 0) is 55.4 Å². The smallest absolute Gasteiger partial charge is 0.333 e. The Balaban J connectivity index is 1.54. The van der Waals surface area contributed by atoms with E-state index in [2.05, 4.69) is 52.0 Å². The summed E-state index contributed by atoms with van der Waals surface area (Å²) >= 11 is 1.69. The van der Waals surface area contributed by atoms with Gasteiger partial charge in [-0.15, -0.1) is 11.3 Å². The van der Waals surface area contributed by atoms with Crippen molar-refractivity contribution in [1.82, 2.24) is 4.98 Å². The summed E-state index contributed by atoms with van der Waals surface area (Å²) in [6, 6.07) is 13.1. The van der Waals surface area contributed by atoms with Gasteiger partial charge in [0.2, 0.25) is 0 Å². The third-order valence-electron chi connectivity index (χ3n) is 5.77. The van der Waals surface area contributed by atoms with Crippen LogP contribution in [-0.4, -0.2) is 35.4 Å². The number of aryl methyl sites for hydroxylation is 2. The van der Waals surface area contributed by atoms with Crippen molar-refractivity contribution >= 4 is 17.3 Å². The van der Waals surface area contributed by atoms with Crippen molar-refractivity contribution in [1.29, 1.82) is 0 Å². The van der Waals surface area contributed by atoms with Crippen LogP contribution in [0.25, 0.3) is 10.6 Å². The van der Waals surface area contributed by atoms with E-state index in [9.17, 15) is 14.3 Å². The summed E-state index contributed by atoms with van der Waals surface area (Å²) in [5, 5.41) is 10.2. The van der Waals surface area contributed by atoms with Crippen molar-refractivity contribution in [3.05, 3.63) is 70.0 Å². The molecule has 0 amide bonds.